The quantitative estimate of drug-likeness (QED) is 0.638. The number of rotatable bonds is 5. The van der Waals surface area contributed by atoms with E-state index in [2.05, 4.69) is 29.2 Å². The molecule has 33 heavy (non-hydrogen) atoms. The molecule has 3 aromatic heterocycles. The van der Waals surface area contributed by atoms with E-state index in [1.807, 2.05) is 29.5 Å². The molecule has 1 saturated heterocycles. The van der Waals surface area contributed by atoms with Crippen molar-refractivity contribution in [2.24, 2.45) is 11.3 Å². The molecule has 2 fully saturated rings. The largest absolute Gasteiger partial charge is 0.449 e. The summed E-state index contributed by atoms with van der Waals surface area (Å²) in [5, 5.41) is 8.49. The molecule has 5 rings (SSSR count). The van der Waals surface area contributed by atoms with Crippen LogP contribution in [0.4, 0.5) is 0 Å². The number of amides is 2. The minimum atomic E-state index is -0.186. The molecule has 2 aliphatic rings. The molecule has 8 nitrogen and oxygen atoms in total. The Hall–Kier alpha value is -3.16. The Labute approximate surface area is 193 Å². The molecule has 1 unspecified atom stereocenters. The van der Waals surface area contributed by atoms with Gasteiger partial charge in [0.1, 0.15) is 0 Å². The first-order valence-corrected chi connectivity index (χ1v) is 11.8. The first-order valence-electron chi connectivity index (χ1n) is 11.8. The van der Waals surface area contributed by atoms with Crippen LogP contribution in [0.25, 0.3) is 11.0 Å². The number of piperidine rings is 1. The summed E-state index contributed by atoms with van der Waals surface area (Å²) in [6, 6.07) is 3.82. The number of hydrogen-bond acceptors (Lipinski definition) is 5. The van der Waals surface area contributed by atoms with Crippen molar-refractivity contribution in [1.29, 1.82) is 0 Å². The molecule has 8 heteroatoms. The predicted octanol–water partition coefficient (Wildman–Crippen LogP) is 3.89. The van der Waals surface area contributed by atoms with E-state index in [0.29, 0.717) is 23.8 Å². The maximum absolute atomic E-state index is 13.2. The molecule has 1 saturated carbocycles. The fourth-order valence-corrected chi connectivity index (χ4v) is 5.42. The number of likely N-dealkylation sites (tertiary alicyclic amines) is 1. The number of carbonyl (C=O) groups is 2. The van der Waals surface area contributed by atoms with Gasteiger partial charge in [0, 0.05) is 43.0 Å². The third-order valence-electron chi connectivity index (χ3n) is 7.49. The second-order valence-corrected chi connectivity index (χ2v) is 9.87. The maximum atomic E-state index is 13.2. The summed E-state index contributed by atoms with van der Waals surface area (Å²) in [4.78, 5) is 31.8. The molecule has 0 bridgehead atoms. The summed E-state index contributed by atoms with van der Waals surface area (Å²) < 4.78 is 7.55. The Morgan fingerprint density at radius 3 is 2.70 bits per heavy atom. The lowest BCUT2D eigenvalue weighted by atomic mass is 9.90. The van der Waals surface area contributed by atoms with Gasteiger partial charge in [0.2, 0.25) is 0 Å². The Morgan fingerprint density at radius 2 is 2.03 bits per heavy atom. The van der Waals surface area contributed by atoms with Gasteiger partial charge in [0.05, 0.1) is 17.5 Å². The smallest absolute Gasteiger partial charge is 0.287 e. The van der Waals surface area contributed by atoms with Gasteiger partial charge in [0.15, 0.2) is 11.3 Å². The molecule has 2 amide bonds. The number of pyridine rings is 1. The molecule has 1 atom stereocenters. The number of aromatic nitrogens is 3. The normalized spacial score (nSPS) is 19.4. The van der Waals surface area contributed by atoms with Gasteiger partial charge in [-0.1, -0.05) is 0 Å². The van der Waals surface area contributed by atoms with Crippen molar-refractivity contribution < 1.29 is 14.0 Å². The predicted molar refractivity (Wildman–Crippen MR) is 124 cm³/mol. The van der Waals surface area contributed by atoms with Crippen molar-refractivity contribution in [3.63, 3.8) is 0 Å². The number of aryl methyl sites for hydroxylation is 1. The number of nitrogens with one attached hydrogen (secondary N) is 1. The summed E-state index contributed by atoms with van der Waals surface area (Å²) in [5.41, 5.74) is 3.36. The first-order chi connectivity index (χ1) is 15.8. The van der Waals surface area contributed by atoms with Crippen LogP contribution in [0.2, 0.25) is 0 Å². The van der Waals surface area contributed by atoms with Crippen LogP contribution in [0.3, 0.4) is 0 Å². The third-order valence-corrected chi connectivity index (χ3v) is 7.49. The average molecular weight is 450 g/mol. The second kappa shape index (κ2) is 8.01. The molecule has 4 heterocycles. The standard InChI is InChI=1S/C25H31N5O3/c1-15(2)30-17(4)22(16(3)28-30)24(32)29-9-6-25(7-10-29)12-19(25)13-27-23(31)20-11-18-5-8-26-14-21(18)33-20/h5,8,11,14-15,19H,6-7,9-10,12-13H2,1-4H3,(H,27,31). The SMILES string of the molecule is Cc1nn(C(C)C)c(C)c1C(=O)N1CCC2(CC1)CC2CNC(=O)c1cc2ccncc2o1. The summed E-state index contributed by atoms with van der Waals surface area (Å²) >= 11 is 0. The molecule has 1 spiro atoms. The van der Waals surface area contributed by atoms with Gasteiger partial charge in [-0.05, 0) is 70.4 Å². The van der Waals surface area contributed by atoms with Gasteiger partial charge in [-0.2, -0.15) is 5.10 Å². The molecular weight excluding hydrogens is 418 g/mol. The van der Waals surface area contributed by atoms with E-state index in [4.69, 9.17) is 4.42 Å². The van der Waals surface area contributed by atoms with Crippen LogP contribution in [-0.4, -0.2) is 51.1 Å². The van der Waals surface area contributed by atoms with E-state index in [1.54, 1.807) is 18.5 Å². The van der Waals surface area contributed by atoms with Crippen LogP contribution in [0, 0.1) is 25.2 Å². The molecule has 0 radical (unpaired) electrons. The van der Waals surface area contributed by atoms with Gasteiger partial charge in [-0.3, -0.25) is 19.3 Å². The molecule has 1 aliphatic carbocycles. The summed E-state index contributed by atoms with van der Waals surface area (Å²) in [5.74, 6) is 0.684. The van der Waals surface area contributed by atoms with Crippen molar-refractivity contribution in [1.82, 2.24) is 25.0 Å². The van der Waals surface area contributed by atoms with E-state index < -0.39 is 0 Å². The zero-order valence-corrected chi connectivity index (χ0v) is 19.7. The Kier molecular flexibility index (Phi) is 5.26. The lowest BCUT2D eigenvalue weighted by molar-refractivity contribution is 0.0667. The average Bonchev–Trinajstić information content (AvgIpc) is 3.14. The van der Waals surface area contributed by atoms with Crippen molar-refractivity contribution >= 4 is 22.8 Å². The van der Waals surface area contributed by atoms with Crippen molar-refractivity contribution in [3.05, 3.63) is 47.2 Å². The van der Waals surface area contributed by atoms with Gasteiger partial charge in [-0.15, -0.1) is 0 Å². The summed E-state index contributed by atoms with van der Waals surface area (Å²) in [6.45, 7) is 10.2. The molecule has 0 aromatic carbocycles. The highest BCUT2D eigenvalue weighted by Gasteiger charge is 2.55. The molecular formula is C25H31N5O3. The Bertz CT molecular complexity index is 1180. The third kappa shape index (κ3) is 3.81. The fraction of sp³-hybridized carbons (Fsp3) is 0.520. The highest BCUT2D eigenvalue weighted by atomic mass is 16.3. The zero-order chi connectivity index (χ0) is 23.3. The van der Waals surface area contributed by atoms with Crippen molar-refractivity contribution in [2.45, 2.75) is 53.0 Å². The fourth-order valence-electron chi connectivity index (χ4n) is 5.42. The highest BCUT2D eigenvalue weighted by molar-refractivity contribution is 5.97. The van der Waals surface area contributed by atoms with Crippen LogP contribution in [-0.2, 0) is 0 Å². The highest BCUT2D eigenvalue weighted by Crippen LogP contribution is 2.59. The van der Waals surface area contributed by atoms with Gasteiger partial charge < -0.3 is 14.6 Å². The monoisotopic (exact) mass is 449 g/mol. The lowest BCUT2D eigenvalue weighted by Crippen LogP contribution is -2.40. The zero-order valence-electron chi connectivity index (χ0n) is 19.7. The minimum Gasteiger partial charge on any atom is -0.449 e. The van der Waals surface area contributed by atoms with E-state index in [9.17, 15) is 9.59 Å². The number of nitrogens with zero attached hydrogens (tertiary/aromatic N) is 4. The maximum Gasteiger partial charge on any atom is 0.287 e. The first kappa shape index (κ1) is 21.7. The number of hydrogen-bond donors (Lipinski definition) is 1. The molecule has 1 aliphatic heterocycles. The van der Waals surface area contributed by atoms with E-state index in [0.717, 1.165) is 54.7 Å². The summed E-state index contributed by atoms with van der Waals surface area (Å²) in [7, 11) is 0. The number of furan rings is 1. The number of carbonyl (C=O) groups excluding carboxylic acids is 2. The van der Waals surface area contributed by atoms with Crippen molar-refractivity contribution in [3.8, 4) is 0 Å². The van der Waals surface area contributed by atoms with Crippen LogP contribution in [0.1, 0.15) is 71.5 Å². The van der Waals surface area contributed by atoms with Crippen LogP contribution in [0.5, 0.6) is 0 Å². The van der Waals surface area contributed by atoms with Gasteiger partial charge in [-0.25, -0.2) is 0 Å². The van der Waals surface area contributed by atoms with Crippen molar-refractivity contribution in [2.75, 3.05) is 19.6 Å². The Morgan fingerprint density at radius 1 is 1.27 bits per heavy atom. The van der Waals surface area contributed by atoms with Crippen LogP contribution >= 0.6 is 0 Å². The summed E-state index contributed by atoms with van der Waals surface area (Å²) in [6.07, 6.45) is 6.36. The van der Waals surface area contributed by atoms with Gasteiger partial charge in [0.25, 0.3) is 11.8 Å². The number of fused-ring (bicyclic) bond motifs is 1. The topological polar surface area (TPSA) is 93.3 Å². The van der Waals surface area contributed by atoms with Crippen LogP contribution < -0.4 is 5.32 Å². The molecule has 1 N–H and O–H groups in total. The molecule has 3 aromatic rings. The second-order valence-electron chi connectivity index (χ2n) is 9.87. The Balaban J connectivity index is 1.16. The van der Waals surface area contributed by atoms with E-state index in [1.165, 1.54) is 0 Å². The molecule has 174 valence electrons. The van der Waals surface area contributed by atoms with Crippen LogP contribution in [0.15, 0.2) is 28.9 Å². The van der Waals surface area contributed by atoms with E-state index in [-0.39, 0.29) is 23.3 Å². The van der Waals surface area contributed by atoms with Gasteiger partial charge >= 0.3 is 0 Å². The minimum absolute atomic E-state index is 0.0941. The van der Waals surface area contributed by atoms with E-state index >= 15 is 0 Å². The lowest BCUT2D eigenvalue weighted by Gasteiger charge is -2.33.